The van der Waals surface area contributed by atoms with Crippen molar-refractivity contribution in [2.24, 2.45) is 0 Å². The zero-order chi connectivity index (χ0) is 15.4. The molecule has 2 aromatic rings. The molecule has 0 fully saturated rings. The van der Waals surface area contributed by atoms with Gasteiger partial charge >= 0.3 is 5.97 Å². The van der Waals surface area contributed by atoms with E-state index < -0.39 is 5.97 Å². The van der Waals surface area contributed by atoms with Gasteiger partial charge in [-0.3, -0.25) is 14.3 Å². The van der Waals surface area contributed by atoms with Crippen molar-refractivity contribution in [1.82, 2.24) is 9.78 Å². The van der Waals surface area contributed by atoms with Gasteiger partial charge in [-0.15, -0.1) is 0 Å². The first-order valence-corrected chi connectivity index (χ1v) is 6.66. The molecule has 0 spiro atoms. The summed E-state index contributed by atoms with van der Waals surface area (Å²) in [4.78, 5) is 22.6. The van der Waals surface area contributed by atoms with Gasteiger partial charge in [0.15, 0.2) is 0 Å². The molecule has 1 aromatic heterocycles. The van der Waals surface area contributed by atoms with Gasteiger partial charge < -0.3 is 10.4 Å². The second-order valence-corrected chi connectivity index (χ2v) is 4.91. The van der Waals surface area contributed by atoms with Gasteiger partial charge in [-0.05, 0) is 24.6 Å². The molecule has 2 N–H and O–H groups in total. The molecule has 1 amide bonds. The quantitative estimate of drug-likeness (QED) is 0.889. The van der Waals surface area contributed by atoms with Gasteiger partial charge in [0.05, 0.1) is 24.7 Å². The van der Waals surface area contributed by atoms with Crippen LogP contribution in [0.4, 0.5) is 5.69 Å². The molecule has 110 valence electrons. The molecule has 21 heavy (non-hydrogen) atoms. The summed E-state index contributed by atoms with van der Waals surface area (Å²) in [5, 5.41) is 15.9. The van der Waals surface area contributed by atoms with Crippen molar-refractivity contribution in [3.63, 3.8) is 0 Å². The maximum absolute atomic E-state index is 12.1. The van der Waals surface area contributed by atoms with Crippen molar-refractivity contribution >= 4 is 29.2 Å². The molecule has 1 aromatic carbocycles. The molecule has 0 saturated heterocycles. The number of aliphatic carboxylic acids is 1. The number of carboxylic acids is 1. The number of rotatable bonds is 5. The van der Waals surface area contributed by atoms with Crippen LogP contribution in [0.3, 0.4) is 0 Å². The van der Waals surface area contributed by atoms with Crippen LogP contribution in [0, 0.1) is 6.92 Å². The number of hydrogen-bond acceptors (Lipinski definition) is 3. The number of anilines is 1. The molecule has 1 heterocycles. The van der Waals surface area contributed by atoms with Crippen LogP contribution < -0.4 is 5.32 Å². The predicted molar refractivity (Wildman–Crippen MR) is 78.6 cm³/mol. The Morgan fingerprint density at radius 2 is 2.19 bits per heavy atom. The summed E-state index contributed by atoms with van der Waals surface area (Å²) in [7, 11) is 0. The maximum atomic E-state index is 12.1. The summed E-state index contributed by atoms with van der Waals surface area (Å²) in [6.07, 6.45) is 2.87. The zero-order valence-corrected chi connectivity index (χ0v) is 12.1. The van der Waals surface area contributed by atoms with Crippen LogP contribution in [0.25, 0.3) is 0 Å². The van der Waals surface area contributed by atoms with E-state index in [1.165, 1.54) is 17.1 Å². The first-order chi connectivity index (χ1) is 9.97. The topological polar surface area (TPSA) is 84.2 Å². The van der Waals surface area contributed by atoms with Gasteiger partial charge in [0.1, 0.15) is 0 Å². The molecule has 0 aliphatic carbocycles. The van der Waals surface area contributed by atoms with Gasteiger partial charge in [0.25, 0.3) is 5.91 Å². The number of carbonyl (C=O) groups is 2. The zero-order valence-electron chi connectivity index (χ0n) is 11.3. The number of aromatic nitrogens is 2. The lowest BCUT2D eigenvalue weighted by atomic mass is 10.2. The fourth-order valence-electron chi connectivity index (χ4n) is 1.75. The van der Waals surface area contributed by atoms with E-state index in [2.05, 4.69) is 10.4 Å². The smallest absolute Gasteiger partial charge is 0.305 e. The van der Waals surface area contributed by atoms with E-state index in [0.29, 0.717) is 16.3 Å². The second kappa shape index (κ2) is 6.41. The highest BCUT2D eigenvalue weighted by atomic mass is 35.5. The van der Waals surface area contributed by atoms with E-state index in [0.717, 1.165) is 5.56 Å². The van der Waals surface area contributed by atoms with E-state index in [-0.39, 0.29) is 18.9 Å². The van der Waals surface area contributed by atoms with Crippen LogP contribution in [-0.4, -0.2) is 26.8 Å². The van der Waals surface area contributed by atoms with Gasteiger partial charge in [-0.2, -0.15) is 5.10 Å². The SMILES string of the molecule is Cc1c(Cl)cccc1NC(=O)c1cnn(CCC(=O)O)c1. The first-order valence-electron chi connectivity index (χ1n) is 6.28. The molecule has 7 heteroatoms. The number of hydrogen-bond donors (Lipinski definition) is 2. The van der Waals surface area contributed by atoms with E-state index in [1.54, 1.807) is 18.2 Å². The molecule has 0 bridgehead atoms. The Kier molecular flexibility index (Phi) is 4.59. The summed E-state index contributed by atoms with van der Waals surface area (Å²) >= 11 is 5.99. The molecule has 0 aliphatic rings. The molecular weight excluding hydrogens is 294 g/mol. The van der Waals surface area contributed by atoms with Crippen molar-refractivity contribution in [3.05, 3.63) is 46.7 Å². The second-order valence-electron chi connectivity index (χ2n) is 4.50. The summed E-state index contributed by atoms with van der Waals surface area (Å²) in [5.41, 5.74) is 1.77. The number of halogens is 1. The molecule has 6 nitrogen and oxygen atoms in total. The monoisotopic (exact) mass is 307 g/mol. The van der Waals surface area contributed by atoms with E-state index in [9.17, 15) is 9.59 Å². The molecular formula is C14H14ClN3O3. The fourth-order valence-corrected chi connectivity index (χ4v) is 1.93. The van der Waals surface area contributed by atoms with Crippen molar-refractivity contribution in [3.8, 4) is 0 Å². The third kappa shape index (κ3) is 3.82. The Labute approximate surface area is 126 Å². The van der Waals surface area contributed by atoms with Crippen molar-refractivity contribution in [2.45, 2.75) is 19.9 Å². The molecule has 0 unspecified atom stereocenters. The Bertz CT molecular complexity index is 682. The van der Waals surface area contributed by atoms with Crippen LogP contribution in [0.15, 0.2) is 30.6 Å². The van der Waals surface area contributed by atoms with Crippen molar-refractivity contribution < 1.29 is 14.7 Å². The average Bonchev–Trinajstić information content (AvgIpc) is 2.90. The van der Waals surface area contributed by atoms with Crippen molar-refractivity contribution in [1.29, 1.82) is 0 Å². The summed E-state index contributed by atoms with van der Waals surface area (Å²) in [5.74, 6) is -1.23. The molecule has 0 aliphatic heterocycles. The van der Waals surface area contributed by atoms with Crippen LogP contribution in [0.2, 0.25) is 5.02 Å². The first kappa shape index (κ1) is 15.1. The summed E-state index contributed by atoms with van der Waals surface area (Å²) in [6, 6.07) is 5.26. The predicted octanol–water partition coefficient (Wildman–Crippen LogP) is 2.57. The lowest BCUT2D eigenvalue weighted by molar-refractivity contribution is -0.137. The van der Waals surface area contributed by atoms with E-state index in [4.69, 9.17) is 16.7 Å². The largest absolute Gasteiger partial charge is 0.481 e. The minimum absolute atomic E-state index is 0.0455. The summed E-state index contributed by atoms with van der Waals surface area (Å²) < 4.78 is 1.42. The van der Waals surface area contributed by atoms with Crippen LogP contribution in [-0.2, 0) is 11.3 Å². The van der Waals surface area contributed by atoms with E-state index in [1.807, 2.05) is 6.92 Å². The Hall–Kier alpha value is -2.34. The highest BCUT2D eigenvalue weighted by Crippen LogP contribution is 2.23. The van der Waals surface area contributed by atoms with Gasteiger partial charge in [0, 0.05) is 16.9 Å². The fraction of sp³-hybridized carbons (Fsp3) is 0.214. The lowest BCUT2D eigenvalue weighted by Gasteiger charge is -2.08. The minimum atomic E-state index is -0.911. The lowest BCUT2D eigenvalue weighted by Crippen LogP contribution is -2.12. The minimum Gasteiger partial charge on any atom is -0.481 e. The third-order valence-corrected chi connectivity index (χ3v) is 3.38. The highest BCUT2D eigenvalue weighted by Gasteiger charge is 2.11. The number of nitrogens with one attached hydrogen (secondary N) is 1. The van der Waals surface area contributed by atoms with Gasteiger partial charge in [0.2, 0.25) is 0 Å². The van der Waals surface area contributed by atoms with Gasteiger partial charge in [-0.1, -0.05) is 17.7 Å². The third-order valence-electron chi connectivity index (χ3n) is 2.97. The number of benzene rings is 1. The number of carbonyl (C=O) groups excluding carboxylic acids is 1. The Morgan fingerprint density at radius 3 is 2.90 bits per heavy atom. The molecule has 0 atom stereocenters. The number of aryl methyl sites for hydroxylation is 1. The van der Waals surface area contributed by atoms with Gasteiger partial charge in [-0.25, -0.2) is 0 Å². The normalized spacial score (nSPS) is 10.4. The average molecular weight is 308 g/mol. The van der Waals surface area contributed by atoms with Crippen LogP contribution in [0.5, 0.6) is 0 Å². The maximum Gasteiger partial charge on any atom is 0.305 e. The van der Waals surface area contributed by atoms with Crippen molar-refractivity contribution in [2.75, 3.05) is 5.32 Å². The van der Waals surface area contributed by atoms with Crippen LogP contribution in [0.1, 0.15) is 22.3 Å². The molecule has 0 saturated carbocycles. The number of amides is 1. The highest BCUT2D eigenvalue weighted by molar-refractivity contribution is 6.31. The van der Waals surface area contributed by atoms with Crippen LogP contribution >= 0.6 is 11.6 Å². The number of nitrogens with zero attached hydrogens (tertiary/aromatic N) is 2. The number of carboxylic acid groups (broad SMARTS) is 1. The standard InChI is InChI=1S/C14H14ClN3O3/c1-9-11(15)3-2-4-12(9)17-14(21)10-7-16-18(8-10)6-5-13(19)20/h2-4,7-8H,5-6H2,1H3,(H,17,21)(H,19,20). The summed E-state index contributed by atoms with van der Waals surface area (Å²) in [6.45, 7) is 2.03. The Balaban J connectivity index is 2.07. The Morgan fingerprint density at radius 1 is 1.43 bits per heavy atom. The molecule has 2 rings (SSSR count). The van der Waals surface area contributed by atoms with E-state index >= 15 is 0 Å². The molecule has 0 radical (unpaired) electrons.